The molecule has 7 heteroatoms. The number of hydrogen-bond donors (Lipinski definition) is 1. The summed E-state index contributed by atoms with van der Waals surface area (Å²) in [5.41, 5.74) is 2.07. The number of nitrogens with one attached hydrogen (secondary N) is 1. The number of anilines is 1. The number of benzene rings is 2. The van der Waals surface area contributed by atoms with Crippen LogP contribution in [-0.2, 0) is 11.3 Å². The van der Waals surface area contributed by atoms with Crippen molar-refractivity contribution in [2.24, 2.45) is 0 Å². The SMILES string of the molecule is CCOC(=O)Nc1cccc(C(=O)N(Cc2ccc3c(c2)OCO3)C2CCCC2)c1. The summed E-state index contributed by atoms with van der Waals surface area (Å²) in [4.78, 5) is 27.1. The Hall–Kier alpha value is -3.22. The number of amides is 2. The lowest BCUT2D eigenvalue weighted by atomic mass is 10.1. The van der Waals surface area contributed by atoms with Gasteiger partial charge in [-0.3, -0.25) is 10.1 Å². The molecule has 2 amide bonds. The Morgan fingerprint density at radius 3 is 2.70 bits per heavy atom. The van der Waals surface area contributed by atoms with Crippen LogP contribution in [0.5, 0.6) is 11.5 Å². The van der Waals surface area contributed by atoms with Crippen LogP contribution in [0.25, 0.3) is 0 Å². The third-order valence-corrected chi connectivity index (χ3v) is 5.45. The number of nitrogens with zero attached hydrogens (tertiary/aromatic N) is 1. The molecule has 0 spiro atoms. The second-order valence-electron chi connectivity index (χ2n) is 7.49. The molecule has 1 aliphatic carbocycles. The highest BCUT2D eigenvalue weighted by Crippen LogP contribution is 2.34. The number of fused-ring (bicyclic) bond motifs is 1. The van der Waals surface area contributed by atoms with E-state index in [0.29, 0.717) is 23.5 Å². The van der Waals surface area contributed by atoms with Gasteiger partial charge in [0.2, 0.25) is 6.79 Å². The van der Waals surface area contributed by atoms with Crippen molar-refractivity contribution >= 4 is 17.7 Å². The van der Waals surface area contributed by atoms with E-state index in [9.17, 15) is 9.59 Å². The van der Waals surface area contributed by atoms with Crippen LogP contribution in [0.2, 0.25) is 0 Å². The third-order valence-electron chi connectivity index (χ3n) is 5.45. The molecule has 0 saturated heterocycles. The summed E-state index contributed by atoms with van der Waals surface area (Å²) in [6.45, 7) is 2.75. The van der Waals surface area contributed by atoms with Gasteiger partial charge in [-0.25, -0.2) is 4.79 Å². The normalized spacial score (nSPS) is 15.1. The molecule has 1 heterocycles. The summed E-state index contributed by atoms with van der Waals surface area (Å²) >= 11 is 0. The summed E-state index contributed by atoms with van der Waals surface area (Å²) in [5.74, 6) is 1.40. The van der Waals surface area contributed by atoms with Crippen molar-refractivity contribution in [1.82, 2.24) is 4.90 Å². The fourth-order valence-corrected chi connectivity index (χ4v) is 4.00. The lowest BCUT2D eigenvalue weighted by Gasteiger charge is -2.29. The van der Waals surface area contributed by atoms with E-state index in [1.54, 1.807) is 31.2 Å². The van der Waals surface area contributed by atoms with Crippen molar-refractivity contribution < 1.29 is 23.8 Å². The first-order valence-electron chi connectivity index (χ1n) is 10.4. The zero-order valence-corrected chi connectivity index (χ0v) is 17.1. The van der Waals surface area contributed by atoms with Crippen LogP contribution in [0.1, 0.15) is 48.5 Å². The van der Waals surface area contributed by atoms with Crippen molar-refractivity contribution in [1.29, 1.82) is 0 Å². The molecule has 0 radical (unpaired) electrons. The minimum absolute atomic E-state index is 0.0490. The molecule has 0 atom stereocenters. The Morgan fingerprint density at radius 1 is 1.10 bits per heavy atom. The number of ether oxygens (including phenoxy) is 3. The molecular formula is C23H26N2O5. The van der Waals surface area contributed by atoms with Gasteiger partial charge in [0.05, 0.1) is 6.61 Å². The monoisotopic (exact) mass is 410 g/mol. The molecule has 158 valence electrons. The summed E-state index contributed by atoms with van der Waals surface area (Å²) in [6.07, 6.45) is 3.71. The largest absolute Gasteiger partial charge is 0.454 e. The highest BCUT2D eigenvalue weighted by atomic mass is 16.7. The van der Waals surface area contributed by atoms with E-state index < -0.39 is 6.09 Å². The van der Waals surface area contributed by atoms with Gasteiger partial charge >= 0.3 is 6.09 Å². The van der Waals surface area contributed by atoms with Crippen LogP contribution in [0.3, 0.4) is 0 Å². The van der Waals surface area contributed by atoms with Gasteiger partial charge < -0.3 is 19.1 Å². The van der Waals surface area contributed by atoms with E-state index in [-0.39, 0.29) is 25.3 Å². The first-order chi connectivity index (χ1) is 14.6. The topological polar surface area (TPSA) is 77.1 Å². The number of rotatable bonds is 6. The van der Waals surface area contributed by atoms with Crippen LogP contribution in [0.15, 0.2) is 42.5 Å². The molecule has 0 aromatic heterocycles. The number of hydrogen-bond acceptors (Lipinski definition) is 5. The first kappa shape index (κ1) is 20.1. The molecule has 1 fully saturated rings. The van der Waals surface area contributed by atoms with Crippen molar-refractivity contribution in [2.45, 2.75) is 45.2 Å². The quantitative estimate of drug-likeness (QED) is 0.755. The fourth-order valence-electron chi connectivity index (χ4n) is 4.00. The Labute approximate surface area is 175 Å². The maximum Gasteiger partial charge on any atom is 0.411 e. The molecule has 2 aromatic rings. The van der Waals surface area contributed by atoms with E-state index in [0.717, 1.165) is 37.0 Å². The zero-order chi connectivity index (χ0) is 20.9. The third kappa shape index (κ3) is 4.50. The van der Waals surface area contributed by atoms with Crippen LogP contribution < -0.4 is 14.8 Å². The Kier molecular flexibility index (Phi) is 6.07. The van der Waals surface area contributed by atoms with Crippen LogP contribution in [0.4, 0.5) is 10.5 Å². The van der Waals surface area contributed by atoms with E-state index in [1.165, 1.54) is 0 Å². The van der Waals surface area contributed by atoms with Gasteiger partial charge in [0.15, 0.2) is 11.5 Å². The lowest BCUT2D eigenvalue weighted by Crippen LogP contribution is -2.38. The average molecular weight is 410 g/mol. The summed E-state index contributed by atoms with van der Waals surface area (Å²) in [6, 6.07) is 13.0. The van der Waals surface area contributed by atoms with E-state index >= 15 is 0 Å². The van der Waals surface area contributed by atoms with E-state index in [4.69, 9.17) is 14.2 Å². The van der Waals surface area contributed by atoms with Gasteiger partial charge in [0.25, 0.3) is 5.91 Å². The standard InChI is InChI=1S/C23H26N2O5/c1-2-28-23(27)24-18-7-5-6-17(13-18)22(26)25(19-8-3-4-9-19)14-16-10-11-20-21(12-16)30-15-29-20/h5-7,10-13,19H,2-4,8-9,14-15H2,1H3,(H,24,27). The molecule has 1 N–H and O–H groups in total. The molecule has 30 heavy (non-hydrogen) atoms. The Balaban J connectivity index is 1.55. The number of carbonyl (C=O) groups excluding carboxylic acids is 2. The summed E-state index contributed by atoms with van der Waals surface area (Å²) in [7, 11) is 0. The lowest BCUT2D eigenvalue weighted by molar-refractivity contribution is 0.0664. The summed E-state index contributed by atoms with van der Waals surface area (Å²) in [5, 5.41) is 2.66. The van der Waals surface area contributed by atoms with Crippen LogP contribution in [0, 0.1) is 0 Å². The molecule has 1 saturated carbocycles. The van der Waals surface area contributed by atoms with E-state index in [1.807, 2.05) is 23.1 Å². The predicted octanol–water partition coefficient (Wildman–Crippen LogP) is 4.57. The van der Waals surface area contributed by atoms with Gasteiger partial charge in [-0.15, -0.1) is 0 Å². The highest BCUT2D eigenvalue weighted by molar-refractivity contribution is 5.96. The molecule has 2 aliphatic rings. The maximum absolute atomic E-state index is 13.5. The number of carbonyl (C=O) groups is 2. The van der Waals surface area contributed by atoms with Crippen molar-refractivity contribution in [3.8, 4) is 11.5 Å². The van der Waals surface area contributed by atoms with Gasteiger partial charge in [-0.05, 0) is 55.7 Å². The minimum atomic E-state index is -0.532. The zero-order valence-electron chi connectivity index (χ0n) is 17.1. The second-order valence-corrected chi connectivity index (χ2v) is 7.49. The predicted molar refractivity (Wildman–Crippen MR) is 112 cm³/mol. The Bertz CT molecular complexity index is 924. The maximum atomic E-state index is 13.5. The molecule has 0 bridgehead atoms. The second kappa shape index (κ2) is 9.07. The van der Waals surface area contributed by atoms with Gasteiger partial charge in [-0.2, -0.15) is 0 Å². The molecular weight excluding hydrogens is 384 g/mol. The van der Waals surface area contributed by atoms with Crippen LogP contribution >= 0.6 is 0 Å². The fraction of sp³-hybridized carbons (Fsp3) is 0.391. The smallest absolute Gasteiger partial charge is 0.411 e. The Morgan fingerprint density at radius 2 is 1.90 bits per heavy atom. The average Bonchev–Trinajstić information content (AvgIpc) is 3.43. The first-order valence-corrected chi connectivity index (χ1v) is 10.4. The van der Waals surface area contributed by atoms with Crippen molar-refractivity contribution in [2.75, 3.05) is 18.7 Å². The highest BCUT2D eigenvalue weighted by Gasteiger charge is 2.28. The van der Waals surface area contributed by atoms with Gasteiger partial charge in [0, 0.05) is 23.8 Å². The molecule has 4 rings (SSSR count). The molecule has 1 aliphatic heterocycles. The molecule has 0 unspecified atom stereocenters. The van der Waals surface area contributed by atoms with E-state index in [2.05, 4.69) is 5.32 Å². The van der Waals surface area contributed by atoms with Gasteiger partial charge in [0.1, 0.15) is 0 Å². The van der Waals surface area contributed by atoms with Crippen molar-refractivity contribution in [3.05, 3.63) is 53.6 Å². The summed E-state index contributed by atoms with van der Waals surface area (Å²) < 4.78 is 15.8. The molecule has 2 aromatic carbocycles. The van der Waals surface area contributed by atoms with Crippen LogP contribution in [-0.4, -0.2) is 36.3 Å². The van der Waals surface area contributed by atoms with Crippen molar-refractivity contribution in [3.63, 3.8) is 0 Å². The molecule has 7 nitrogen and oxygen atoms in total. The van der Waals surface area contributed by atoms with Gasteiger partial charge in [-0.1, -0.05) is 25.0 Å². The minimum Gasteiger partial charge on any atom is -0.454 e.